The van der Waals surface area contributed by atoms with Gasteiger partial charge in [0.05, 0.1) is 0 Å². The molecule has 1 radical (unpaired) electrons. The van der Waals surface area contributed by atoms with Crippen LogP contribution in [0, 0.1) is 6.10 Å². The average Bonchev–Trinajstić information content (AvgIpc) is 1.90. The summed E-state index contributed by atoms with van der Waals surface area (Å²) in [5.41, 5.74) is 0. The van der Waals surface area contributed by atoms with Crippen LogP contribution in [0.3, 0.4) is 0 Å². The van der Waals surface area contributed by atoms with E-state index in [1.165, 1.54) is 0 Å². The SMILES string of the molecule is C[I-]N1CC[C-](O)CC1.[Re]. The van der Waals surface area contributed by atoms with Gasteiger partial charge in [-0.2, -0.15) is 0 Å². The maximum Gasteiger partial charge on any atom is 0 e. The number of nitrogens with zero attached hydrogens (tertiary/aromatic N) is 1. The predicted octanol–water partition coefficient (Wildman–Crippen LogP) is -2.38. The van der Waals surface area contributed by atoms with Crippen LogP contribution in [0.5, 0.6) is 0 Å². The van der Waals surface area contributed by atoms with E-state index in [9.17, 15) is 0 Å². The van der Waals surface area contributed by atoms with Crippen molar-refractivity contribution in [2.75, 3.05) is 18.0 Å². The van der Waals surface area contributed by atoms with Gasteiger partial charge in [0.2, 0.25) is 0 Å². The standard InChI is InChI=1S/C6H12INO.Re/c1-7-8-4-2-6(9)3-5-8;/h9H,2-5H2,1H3;/q-2;. The number of aliphatic hydroxyl groups is 1. The van der Waals surface area contributed by atoms with Crippen LogP contribution in [-0.2, 0) is 20.4 Å². The van der Waals surface area contributed by atoms with Gasteiger partial charge in [-0.3, -0.25) is 0 Å². The van der Waals surface area contributed by atoms with Crippen LogP contribution in [0.1, 0.15) is 12.8 Å². The first-order valence-corrected chi connectivity index (χ1v) is 6.23. The van der Waals surface area contributed by atoms with E-state index in [-0.39, 0.29) is 41.9 Å². The molecule has 1 aliphatic rings. The molecule has 1 saturated heterocycles. The molecule has 4 heteroatoms. The molecule has 0 aromatic rings. The second-order valence-electron chi connectivity index (χ2n) is 2.15. The maximum absolute atomic E-state index is 9.02. The van der Waals surface area contributed by atoms with Crippen LogP contribution in [0.25, 0.3) is 0 Å². The number of piperidine rings is 1. The Labute approximate surface area is 86.6 Å². The fourth-order valence-corrected chi connectivity index (χ4v) is 2.35. The van der Waals surface area contributed by atoms with E-state index in [4.69, 9.17) is 5.11 Å². The van der Waals surface area contributed by atoms with E-state index in [1.807, 2.05) is 0 Å². The second-order valence-corrected chi connectivity index (χ2v) is 4.47. The number of hydrogen-bond acceptors (Lipinski definition) is 2. The fourth-order valence-electron chi connectivity index (χ4n) is 0.907. The molecule has 0 bridgehead atoms. The molecular formula is C6H12INORe-2. The molecule has 0 unspecified atom stereocenters. The Bertz CT molecular complexity index is 85.8. The summed E-state index contributed by atoms with van der Waals surface area (Å²) in [5.74, 6) is 0. The average molecular weight is 427 g/mol. The van der Waals surface area contributed by atoms with E-state index in [0.29, 0.717) is 6.10 Å². The van der Waals surface area contributed by atoms with Crippen LogP contribution < -0.4 is 21.5 Å². The quantitative estimate of drug-likeness (QED) is 0.219. The second kappa shape index (κ2) is 5.90. The molecule has 10 heavy (non-hydrogen) atoms. The summed E-state index contributed by atoms with van der Waals surface area (Å²) in [7, 11) is 0. The van der Waals surface area contributed by atoms with Crippen LogP contribution in [-0.4, -0.2) is 26.2 Å². The molecule has 0 aliphatic carbocycles. The normalized spacial score (nSPS) is 22.6. The molecule has 0 aromatic heterocycles. The van der Waals surface area contributed by atoms with Gasteiger partial charge in [0.1, 0.15) is 0 Å². The first-order valence-electron chi connectivity index (χ1n) is 3.11. The zero-order valence-electron chi connectivity index (χ0n) is 5.98. The van der Waals surface area contributed by atoms with E-state index in [0.717, 1.165) is 25.9 Å². The summed E-state index contributed by atoms with van der Waals surface area (Å²) in [5, 5.41) is 9.02. The van der Waals surface area contributed by atoms with E-state index >= 15 is 0 Å². The van der Waals surface area contributed by atoms with Gasteiger partial charge in [0.25, 0.3) is 0 Å². The van der Waals surface area contributed by atoms with Crippen LogP contribution >= 0.6 is 0 Å². The largest absolute Gasteiger partial charge is 0 e. The Kier molecular flexibility index (Phi) is 6.67. The van der Waals surface area contributed by atoms with Gasteiger partial charge in [-0.15, -0.1) is 0 Å². The summed E-state index contributed by atoms with van der Waals surface area (Å²) in [6.45, 7) is 2.19. The van der Waals surface area contributed by atoms with Gasteiger partial charge in [0.15, 0.2) is 0 Å². The molecule has 2 nitrogen and oxygen atoms in total. The summed E-state index contributed by atoms with van der Waals surface area (Å²) >= 11 is 0.276. The molecule has 0 atom stereocenters. The summed E-state index contributed by atoms with van der Waals surface area (Å²) in [4.78, 5) is 2.27. The molecule has 1 rings (SSSR count). The van der Waals surface area contributed by atoms with E-state index in [2.05, 4.69) is 8.04 Å². The molecule has 63 valence electrons. The molecule has 1 N–H and O–H groups in total. The molecule has 1 aliphatic heterocycles. The molecule has 0 saturated carbocycles. The van der Waals surface area contributed by atoms with Gasteiger partial charge in [0, 0.05) is 20.4 Å². The van der Waals surface area contributed by atoms with Crippen molar-refractivity contribution in [1.29, 1.82) is 0 Å². The Morgan fingerprint density at radius 2 is 1.90 bits per heavy atom. The van der Waals surface area contributed by atoms with Gasteiger partial charge >= 0.3 is 66.7 Å². The van der Waals surface area contributed by atoms with Gasteiger partial charge in [-0.05, 0) is 0 Å². The third-order valence-corrected chi connectivity index (χ3v) is 3.85. The van der Waals surface area contributed by atoms with Crippen molar-refractivity contribution in [2.45, 2.75) is 12.8 Å². The summed E-state index contributed by atoms with van der Waals surface area (Å²) < 4.78 is 2.46. The van der Waals surface area contributed by atoms with Crippen molar-refractivity contribution < 1.29 is 47.0 Å². The van der Waals surface area contributed by atoms with Crippen molar-refractivity contribution in [3.63, 3.8) is 0 Å². The van der Waals surface area contributed by atoms with Crippen LogP contribution in [0.2, 0.25) is 0 Å². The number of hydrogen-bond donors (Lipinski definition) is 1. The van der Waals surface area contributed by atoms with Gasteiger partial charge < -0.3 is 0 Å². The monoisotopic (exact) mass is 428 g/mol. The van der Waals surface area contributed by atoms with Crippen molar-refractivity contribution >= 4 is 0 Å². The minimum absolute atomic E-state index is 0. The smallest absolute Gasteiger partial charge is 0 e. The Morgan fingerprint density at radius 1 is 1.40 bits per heavy atom. The van der Waals surface area contributed by atoms with Crippen LogP contribution in [0.4, 0.5) is 0 Å². The van der Waals surface area contributed by atoms with Gasteiger partial charge in [-0.25, -0.2) is 0 Å². The number of halogens is 1. The first-order chi connectivity index (χ1) is 4.33. The minimum Gasteiger partial charge on any atom is 0 e. The van der Waals surface area contributed by atoms with Gasteiger partial charge in [-0.1, -0.05) is 0 Å². The molecule has 1 fully saturated rings. The third kappa shape index (κ3) is 3.63. The number of alkyl halides is 1. The zero-order chi connectivity index (χ0) is 6.69. The van der Waals surface area contributed by atoms with Crippen molar-refractivity contribution in [2.24, 2.45) is 0 Å². The minimum atomic E-state index is 0. The summed E-state index contributed by atoms with van der Waals surface area (Å²) in [6, 6.07) is 0. The predicted molar refractivity (Wildman–Crippen MR) is 31.9 cm³/mol. The van der Waals surface area contributed by atoms with E-state index in [1.54, 1.807) is 0 Å². The summed E-state index contributed by atoms with van der Waals surface area (Å²) in [6.07, 6.45) is 2.52. The number of rotatable bonds is 1. The Balaban J connectivity index is 0.000000810. The topological polar surface area (TPSA) is 23.5 Å². The molecular weight excluding hydrogens is 415 g/mol. The molecule has 0 spiro atoms. The number of aliphatic hydroxyl groups excluding tert-OH is 1. The Morgan fingerprint density at radius 3 is 2.30 bits per heavy atom. The molecule has 0 amide bonds. The molecule has 0 aromatic carbocycles. The Hall–Kier alpha value is 1.31. The fraction of sp³-hybridized carbons (Fsp3) is 0.833. The van der Waals surface area contributed by atoms with E-state index < -0.39 is 0 Å². The maximum atomic E-state index is 9.02. The van der Waals surface area contributed by atoms with Crippen molar-refractivity contribution in [3.05, 3.63) is 6.10 Å². The van der Waals surface area contributed by atoms with Crippen molar-refractivity contribution in [3.8, 4) is 0 Å². The first kappa shape index (κ1) is 11.3. The van der Waals surface area contributed by atoms with Crippen molar-refractivity contribution in [1.82, 2.24) is 3.11 Å². The molecule has 1 heterocycles. The third-order valence-electron chi connectivity index (χ3n) is 1.53. The van der Waals surface area contributed by atoms with Crippen LogP contribution in [0.15, 0.2) is 0 Å². The zero-order valence-corrected chi connectivity index (χ0v) is 10.9.